The Labute approximate surface area is 143 Å². The van der Waals surface area contributed by atoms with Crippen LogP contribution >= 0.6 is 11.6 Å². The van der Waals surface area contributed by atoms with Crippen molar-refractivity contribution < 1.29 is 27.1 Å². The van der Waals surface area contributed by atoms with Gasteiger partial charge in [0, 0.05) is 12.1 Å². The third-order valence-electron chi connectivity index (χ3n) is 3.30. The van der Waals surface area contributed by atoms with E-state index < -0.39 is 40.2 Å². The molecule has 6 nitrogen and oxygen atoms in total. The Balaban J connectivity index is 1.77. The van der Waals surface area contributed by atoms with E-state index in [1.165, 1.54) is 18.2 Å². The second kappa shape index (κ2) is 7.76. The fourth-order valence-corrected chi connectivity index (χ4v) is 4.01. The molecule has 0 aliphatic carbocycles. The molecule has 1 aliphatic rings. The van der Waals surface area contributed by atoms with Crippen molar-refractivity contribution in [3.05, 3.63) is 40.7 Å². The Morgan fingerprint density at radius 3 is 2.79 bits per heavy atom. The van der Waals surface area contributed by atoms with Crippen LogP contribution in [0.1, 0.15) is 12.0 Å². The first-order valence-electron chi connectivity index (χ1n) is 7.05. The highest BCUT2D eigenvalue weighted by Crippen LogP contribution is 2.16. The van der Waals surface area contributed by atoms with Gasteiger partial charge in [0.15, 0.2) is 16.4 Å². The molecule has 1 fully saturated rings. The number of hydrogen-bond donors (Lipinski definition) is 1. The van der Waals surface area contributed by atoms with Crippen LogP contribution in [0.25, 0.3) is 6.08 Å². The molecule has 0 bridgehead atoms. The lowest BCUT2D eigenvalue weighted by Crippen LogP contribution is -2.38. The molecule has 1 N–H and O–H groups in total. The molecule has 1 amide bonds. The van der Waals surface area contributed by atoms with Gasteiger partial charge in [-0.3, -0.25) is 4.79 Å². The maximum absolute atomic E-state index is 13.0. The summed E-state index contributed by atoms with van der Waals surface area (Å²) in [4.78, 5) is 23.1. The second-order valence-corrected chi connectivity index (χ2v) is 7.92. The first-order valence-corrected chi connectivity index (χ1v) is 9.25. The van der Waals surface area contributed by atoms with E-state index in [1.54, 1.807) is 0 Å². The summed E-state index contributed by atoms with van der Waals surface area (Å²) in [7, 11) is -3.09. The smallest absolute Gasteiger partial charge is 0.331 e. The normalized spacial score (nSPS) is 19.3. The molecule has 0 aromatic heterocycles. The molecule has 0 unspecified atom stereocenters. The molecule has 2 rings (SSSR count). The zero-order valence-corrected chi connectivity index (χ0v) is 14.1. The molecule has 0 radical (unpaired) electrons. The van der Waals surface area contributed by atoms with E-state index >= 15 is 0 Å². The van der Waals surface area contributed by atoms with Gasteiger partial charge in [-0.15, -0.1) is 0 Å². The zero-order valence-electron chi connectivity index (χ0n) is 12.5. The van der Waals surface area contributed by atoms with Gasteiger partial charge in [-0.2, -0.15) is 0 Å². The number of carbonyl (C=O) groups excluding carboxylic acids is 2. The molecule has 1 aliphatic heterocycles. The molecule has 1 saturated heterocycles. The summed E-state index contributed by atoms with van der Waals surface area (Å²) < 4.78 is 40.3. The Hall–Kier alpha value is -1.93. The number of ether oxygens (including phenoxy) is 1. The lowest BCUT2D eigenvalue weighted by atomic mass is 10.2. The van der Waals surface area contributed by atoms with Crippen molar-refractivity contribution in [1.29, 1.82) is 0 Å². The lowest BCUT2D eigenvalue weighted by molar-refractivity contribution is -0.143. The van der Waals surface area contributed by atoms with Gasteiger partial charge in [-0.25, -0.2) is 17.6 Å². The van der Waals surface area contributed by atoms with Crippen molar-refractivity contribution in [3.63, 3.8) is 0 Å². The van der Waals surface area contributed by atoms with Crippen LogP contribution in [0.4, 0.5) is 4.39 Å². The van der Waals surface area contributed by atoms with Crippen molar-refractivity contribution in [2.45, 2.75) is 12.5 Å². The minimum atomic E-state index is -3.09. The fraction of sp³-hybridized carbons (Fsp3) is 0.333. The van der Waals surface area contributed by atoms with Crippen molar-refractivity contribution in [1.82, 2.24) is 5.32 Å². The highest BCUT2D eigenvalue weighted by atomic mass is 35.5. The summed E-state index contributed by atoms with van der Waals surface area (Å²) in [6, 6.07) is 3.49. The van der Waals surface area contributed by atoms with Gasteiger partial charge in [0.2, 0.25) is 0 Å². The molecular formula is C15H15ClFNO5S. The van der Waals surface area contributed by atoms with E-state index in [2.05, 4.69) is 5.32 Å². The quantitative estimate of drug-likeness (QED) is 0.619. The largest absolute Gasteiger partial charge is 0.452 e. The maximum atomic E-state index is 13.0. The maximum Gasteiger partial charge on any atom is 0.331 e. The average Bonchev–Trinajstić information content (AvgIpc) is 2.85. The summed E-state index contributed by atoms with van der Waals surface area (Å²) in [6.45, 7) is -0.510. The standard InChI is InChI=1S/C15H15ClFNO5S/c16-12-7-10(1-3-13(12)17)2-4-15(20)23-8-14(19)18-11-5-6-24(21,22)9-11/h1-4,7,11H,5-6,8-9H2,(H,18,19)/b4-2+/t11-/m1/s1. The molecule has 130 valence electrons. The van der Waals surface area contributed by atoms with Gasteiger partial charge >= 0.3 is 5.97 Å². The topological polar surface area (TPSA) is 89.5 Å². The summed E-state index contributed by atoms with van der Waals surface area (Å²) in [5.74, 6) is -1.95. The predicted octanol–water partition coefficient (Wildman–Crippen LogP) is 1.34. The van der Waals surface area contributed by atoms with Crippen LogP contribution in [0.5, 0.6) is 0 Å². The Morgan fingerprint density at radius 2 is 2.17 bits per heavy atom. The Morgan fingerprint density at radius 1 is 1.42 bits per heavy atom. The fourth-order valence-electron chi connectivity index (χ4n) is 2.14. The molecule has 1 atom stereocenters. The number of hydrogen-bond acceptors (Lipinski definition) is 5. The van der Waals surface area contributed by atoms with Crippen LogP contribution in [0.2, 0.25) is 5.02 Å². The monoisotopic (exact) mass is 375 g/mol. The number of sulfone groups is 1. The van der Waals surface area contributed by atoms with E-state index in [0.29, 0.717) is 12.0 Å². The minimum absolute atomic E-state index is 0.0424. The molecular weight excluding hydrogens is 361 g/mol. The second-order valence-electron chi connectivity index (χ2n) is 5.28. The summed E-state index contributed by atoms with van der Waals surface area (Å²) in [6.07, 6.45) is 2.80. The molecule has 9 heteroatoms. The van der Waals surface area contributed by atoms with Crippen molar-refractivity contribution in [3.8, 4) is 0 Å². The first kappa shape index (κ1) is 18.4. The summed E-state index contributed by atoms with van der Waals surface area (Å²) >= 11 is 5.61. The van der Waals surface area contributed by atoms with E-state index in [1.807, 2.05) is 0 Å². The molecule has 1 aromatic rings. The van der Waals surface area contributed by atoms with Gasteiger partial charge < -0.3 is 10.1 Å². The van der Waals surface area contributed by atoms with Gasteiger partial charge in [0.1, 0.15) is 5.82 Å². The number of rotatable bonds is 5. The molecule has 0 saturated carbocycles. The van der Waals surface area contributed by atoms with Crippen LogP contribution in [0.3, 0.4) is 0 Å². The number of nitrogens with one attached hydrogen (secondary N) is 1. The number of benzene rings is 1. The highest BCUT2D eigenvalue weighted by molar-refractivity contribution is 7.91. The van der Waals surface area contributed by atoms with Crippen LogP contribution in [-0.4, -0.2) is 44.4 Å². The molecule has 1 aromatic carbocycles. The SMILES string of the molecule is O=C(COC(=O)/C=C/c1ccc(F)c(Cl)c1)N[C@@H]1CCS(=O)(=O)C1. The van der Waals surface area contributed by atoms with E-state index in [-0.39, 0.29) is 16.5 Å². The number of carbonyl (C=O) groups is 2. The van der Waals surface area contributed by atoms with Crippen molar-refractivity contribution in [2.24, 2.45) is 0 Å². The molecule has 0 spiro atoms. The van der Waals surface area contributed by atoms with Crippen LogP contribution < -0.4 is 5.32 Å². The van der Waals surface area contributed by atoms with E-state index in [9.17, 15) is 22.4 Å². The number of esters is 1. The number of amides is 1. The van der Waals surface area contributed by atoms with Crippen LogP contribution in [0, 0.1) is 5.82 Å². The lowest BCUT2D eigenvalue weighted by Gasteiger charge is -2.10. The first-order chi connectivity index (χ1) is 11.2. The van der Waals surface area contributed by atoms with Gasteiger partial charge in [-0.05, 0) is 30.2 Å². The molecule has 1 heterocycles. The van der Waals surface area contributed by atoms with Gasteiger partial charge in [-0.1, -0.05) is 17.7 Å². The minimum Gasteiger partial charge on any atom is -0.452 e. The summed E-state index contributed by atoms with van der Waals surface area (Å²) in [5, 5.41) is 2.43. The highest BCUT2D eigenvalue weighted by Gasteiger charge is 2.28. The zero-order chi connectivity index (χ0) is 17.7. The Kier molecular flexibility index (Phi) is 5.95. The number of halogens is 2. The average molecular weight is 376 g/mol. The van der Waals surface area contributed by atoms with Crippen molar-refractivity contribution in [2.75, 3.05) is 18.1 Å². The van der Waals surface area contributed by atoms with Gasteiger partial charge in [0.05, 0.1) is 16.5 Å². The predicted molar refractivity (Wildman–Crippen MR) is 86.6 cm³/mol. The third-order valence-corrected chi connectivity index (χ3v) is 5.36. The van der Waals surface area contributed by atoms with Crippen LogP contribution in [-0.2, 0) is 24.2 Å². The van der Waals surface area contributed by atoms with E-state index in [4.69, 9.17) is 16.3 Å². The third kappa shape index (κ3) is 5.61. The van der Waals surface area contributed by atoms with Crippen LogP contribution in [0.15, 0.2) is 24.3 Å². The van der Waals surface area contributed by atoms with Crippen molar-refractivity contribution >= 4 is 39.4 Å². The summed E-state index contributed by atoms with van der Waals surface area (Å²) in [5.41, 5.74) is 0.499. The Bertz CT molecular complexity index is 778. The van der Waals surface area contributed by atoms with Gasteiger partial charge in [0.25, 0.3) is 5.91 Å². The molecule has 24 heavy (non-hydrogen) atoms. The van der Waals surface area contributed by atoms with E-state index in [0.717, 1.165) is 12.1 Å².